The van der Waals surface area contributed by atoms with Crippen molar-refractivity contribution in [3.8, 4) is 0 Å². The third kappa shape index (κ3) is 3.59. The Balaban J connectivity index is 1.62. The number of thiophene rings is 1. The number of rotatable bonds is 5. The number of anilines is 1. The van der Waals surface area contributed by atoms with E-state index >= 15 is 0 Å². The maximum absolute atomic E-state index is 12.1. The number of carbonyl (C=O) groups excluding carboxylic acids is 1. The van der Waals surface area contributed by atoms with Gasteiger partial charge in [0.15, 0.2) is 11.6 Å². The number of hydrogen-bond acceptors (Lipinski definition) is 7. The van der Waals surface area contributed by atoms with Crippen LogP contribution in [-0.4, -0.2) is 31.2 Å². The molecule has 0 aromatic carbocycles. The average molecular weight is 347 g/mol. The molecule has 3 heterocycles. The van der Waals surface area contributed by atoms with Crippen LogP contribution in [0.15, 0.2) is 22.0 Å². The molecule has 0 spiro atoms. The van der Waals surface area contributed by atoms with Crippen LogP contribution in [0.4, 0.5) is 10.6 Å². The van der Waals surface area contributed by atoms with E-state index in [1.165, 1.54) is 0 Å². The molecular formula is C14H17N7O2S. The molecule has 3 rings (SSSR count). The van der Waals surface area contributed by atoms with Gasteiger partial charge in [-0.05, 0) is 25.3 Å². The zero-order valence-electron chi connectivity index (χ0n) is 13.5. The van der Waals surface area contributed by atoms with E-state index in [1.54, 1.807) is 22.9 Å². The zero-order chi connectivity index (χ0) is 17.1. The summed E-state index contributed by atoms with van der Waals surface area (Å²) in [5.74, 6) is 1.39. The van der Waals surface area contributed by atoms with Crippen molar-refractivity contribution < 1.29 is 9.32 Å². The number of urea groups is 1. The van der Waals surface area contributed by atoms with Crippen LogP contribution in [0, 0.1) is 13.8 Å². The van der Waals surface area contributed by atoms with Crippen LogP contribution in [0.3, 0.4) is 0 Å². The third-order valence-electron chi connectivity index (χ3n) is 3.39. The number of aryl methyl sites for hydroxylation is 1. The lowest BCUT2D eigenvalue weighted by atomic mass is 10.3. The van der Waals surface area contributed by atoms with E-state index in [9.17, 15) is 4.79 Å². The first-order valence-corrected chi connectivity index (χ1v) is 8.21. The van der Waals surface area contributed by atoms with E-state index in [2.05, 4.69) is 31.1 Å². The van der Waals surface area contributed by atoms with Crippen LogP contribution in [0.1, 0.15) is 35.3 Å². The van der Waals surface area contributed by atoms with Gasteiger partial charge in [0.05, 0.1) is 11.7 Å². The van der Waals surface area contributed by atoms with E-state index < -0.39 is 0 Å². The standard InChI is InChI=1S/C14H17N7O2S/c1-8(11-5-4-6-24-11)15-14(22)17-13-9(2)21(20-18-13)7-12-16-10(3)23-19-12/h4-6,8H,7H2,1-3H3,(H2,15,17,22)/t8-/m1/s1. The van der Waals surface area contributed by atoms with E-state index in [-0.39, 0.29) is 12.1 Å². The molecule has 0 radical (unpaired) electrons. The van der Waals surface area contributed by atoms with Crippen molar-refractivity contribution in [2.24, 2.45) is 0 Å². The van der Waals surface area contributed by atoms with Crippen molar-refractivity contribution in [3.63, 3.8) is 0 Å². The predicted molar refractivity (Wildman–Crippen MR) is 87.8 cm³/mol. The quantitative estimate of drug-likeness (QED) is 0.732. The van der Waals surface area contributed by atoms with Crippen LogP contribution in [0.2, 0.25) is 0 Å². The van der Waals surface area contributed by atoms with E-state index in [1.807, 2.05) is 31.4 Å². The minimum Gasteiger partial charge on any atom is -0.340 e. The van der Waals surface area contributed by atoms with Gasteiger partial charge in [-0.1, -0.05) is 16.4 Å². The molecule has 0 bridgehead atoms. The average Bonchev–Trinajstić information content (AvgIpc) is 3.26. The summed E-state index contributed by atoms with van der Waals surface area (Å²) in [7, 11) is 0. The molecule has 126 valence electrons. The third-order valence-corrected chi connectivity index (χ3v) is 4.45. The Hall–Kier alpha value is -2.75. The highest BCUT2D eigenvalue weighted by molar-refractivity contribution is 7.10. The van der Waals surface area contributed by atoms with Crippen LogP contribution in [0.25, 0.3) is 0 Å². The highest BCUT2D eigenvalue weighted by atomic mass is 32.1. The number of nitrogens with zero attached hydrogens (tertiary/aromatic N) is 5. The Bertz CT molecular complexity index is 824. The van der Waals surface area contributed by atoms with Crippen molar-refractivity contribution in [1.82, 2.24) is 30.5 Å². The summed E-state index contributed by atoms with van der Waals surface area (Å²) >= 11 is 1.59. The van der Waals surface area contributed by atoms with Gasteiger partial charge in [-0.25, -0.2) is 9.48 Å². The fourth-order valence-electron chi connectivity index (χ4n) is 2.11. The van der Waals surface area contributed by atoms with Gasteiger partial charge < -0.3 is 9.84 Å². The number of hydrogen-bond donors (Lipinski definition) is 2. The van der Waals surface area contributed by atoms with Gasteiger partial charge in [-0.15, -0.1) is 16.4 Å². The van der Waals surface area contributed by atoms with Gasteiger partial charge in [0.1, 0.15) is 6.54 Å². The van der Waals surface area contributed by atoms with E-state index in [4.69, 9.17) is 4.52 Å². The Kier molecular flexibility index (Phi) is 4.56. The summed E-state index contributed by atoms with van der Waals surface area (Å²) in [4.78, 5) is 17.3. The topological polar surface area (TPSA) is 111 Å². The minimum atomic E-state index is -0.332. The van der Waals surface area contributed by atoms with Crippen LogP contribution in [0.5, 0.6) is 0 Å². The van der Waals surface area contributed by atoms with E-state index in [0.717, 1.165) is 4.88 Å². The van der Waals surface area contributed by atoms with Crippen molar-refractivity contribution in [1.29, 1.82) is 0 Å². The molecule has 1 atom stereocenters. The first kappa shape index (κ1) is 16.1. The summed E-state index contributed by atoms with van der Waals surface area (Å²) in [5.41, 5.74) is 0.705. The molecule has 0 aliphatic rings. The highest BCUT2D eigenvalue weighted by Gasteiger charge is 2.15. The molecule has 2 amide bonds. The van der Waals surface area contributed by atoms with Crippen molar-refractivity contribution >= 4 is 23.2 Å². The number of nitrogens with one attached hydrogen (secondary N) is 2. The predicted octanol–water partition coefficient (Wildman–Crippen LogP) is 2.27. The molecular weight excluding hydrogens is 330 g/mol. The second-order valence-electron chi connectivity index (χ2n) is 5.25. The second-order valence-corrected chi connectivity index (χ2v) is 6.23. The molecule has 0 saturated heterocycles. The van der Waals surface area contributed by atoms with Gasteiger partial charge in [-0.3, -0.25) is 5.32 Å². The number of carbonyl (C=O) groups is 1. The Morgan fingerprint density at radius 2 is 2.29 bits per heavy atom. The summed E-state index contributed by atoms with van der Waals surface area (Å²) < 4.78 is 6.53. The van der Waals surface area contributed by atoms with Crippen molar-refractivity contribution in [2.75, 3.05) is 5.32 Å². The fraction of sp³-hybridized carbons (Fsp3) is 0.357. The van der Waals surface area contributed by atoms with Gasteiger partial charge >= 0.3 is 6.03 Å². The number of amides is 2. The van der Waals surface area contributed by atoms with Crippen LogP contribution in [-0.2, 0) is 6.54 Å². The summed E-state index contributed by atoms with van der Waals surface area (Å²) in [6.45, 7) is 5.78. The van der Waals surface area contributed by atoms with Gasteiger partial charge in [-0.2, -0.15) is 4.98 Å². The highest BCUT2D eigenvalue weighted by Crippen LogP contribution is 2.18. The molecule has 0 aliphatic heterocycles. The van der Waals surface area contributed by atoms with Crippen molar-refractivity contribution in [2.45, 2.75) is 33.4 Å². The molecule has 24 heavy (non-hydrogen) atoms. The molecule has 2 N–H and O–H groups in total. The summed E-state index contributed by atoms with van der Waals surface area (Å²) in [5, 5.41) is 19.4. The van der Waals surface area contributed by atoms with Crippen molar-refractivity contribution in [3.05, 3.63) is 39.8 Å². The largest absolute Gasteiger partial charge is 0.340 e. The molecule has 3 aromatic rings. The first-order chi connectivity index (χ1) is 11.5. The Labute approximate surface area is 142 Å². The van der Waals surface area contributed by atoms with Gasteiger partial charge in [0.2, 0.25) is 5.89 Å². The monoisotopic (exact) mass is 347 g/mol. The summed E-state index contributed by atoms with van der Waals surface area (Å²) in [6.07, 6.45) is 0. The smallest absolute Gasteiger partial charge is 0.321 e. The summed E-state index contributed by atoms with van der Waals surface area (Å²) in [6, 6.07) is 3.51. The molecule has 0 saturated carbocycles. The lowest BCUT2D eigenvalue weighted by Gasteiger charge is -2.12. The SMILES string of the molecule is Cc1nc(Cn2nnc(NC(=O)N[C@H](C)c3cccs3)c2C)no1. The van der Waals surface area contributed by atoms with Crippen LogP contribution < -0.4 is 10.6 Å². The molecule has 0 fully saturated rings. The van der Waals surface area contributed by atoms with E-state index in [0.29, 0.717) is 29.8 Å². The fourth-order valence-corrected chi connectivity index (χ4v) is 2.85. The minimum absolute atomic E-state index is 0.0809. The number of aromatic nitrogens is 5. The molecule has 3 aromatic heterocycles. The maximum Gasteiger partial charge on any atom is 0.321 e. The van der Waals surface area contributed by atoms with Gasteiger partial charge in [0.25, 0.3) is 0 Å². The first-order valence-electron chi connectivity index (χ1n) is 7.33. The second kappa shape index (κ2) is 6.79. The molecule has 0 unspecified atom stereocenters. The molecule has 9 nitrogen and oxygen atoms in total. The van der Waals surface area contributed by atoms with Crippen LogP contribution >= 0.6 is 11.3 Å². The molecule has 10 heteroatoms. The van der Waals surface area contributed by atoms with Gasteiger partial charge in [0, 0.05) is 11.8 Å². The zero-order valence-corrected chi connectivity index (χ0v) is 14.3. The lowest BCUT2D eigenvalue weighted by Crippen LogP contribution is -2.31. The lowest BCUT2D eigenvalue weighted by molar-refractivity contribution is 0.249. The molecule has 0 aliphatic carbocycles. The Morgan fingerprint density at radius 3 is 2.96 bits per heavy atom. The maximum atomic E-state index is 12.1. The normalized spacial score (nSPS) is 12.1. The Morgan fingerprint density at radius 1 is 1.46 bits per heavy atom.